The first kappa shape index (κ1) is 29.9. The molecular weight excluding hydrogens is 500 g/mol. The predicted molar refractivity (Wildman–Crippen MR) is 122 cm³/mol. The predicted octanol–water partition coefficient (Wildman–Crippen LogP) is -2.18. The van der Waals surface area contributed by atoms with Crippen molar-refractivity contribution in [2.75, 3.05) is 52.8 Å². The molecule has 3 aliphatic rings. The number of aliphatic imine (C=N–C) groups is 1. The van der Waals surface area contributed by atoms with Gasteiger partial charge in [-0.1, -0.05) is 5.11 Å². The van der Waals surface area contributed by atoms with Crippen molar-refractivity contribution in [1.82, 2.24) is 0 Å². The quantitative estimate of drug-likeness (QED) is 0.0652. The average Bonchev–Trinajstić information content (AvgIpc) is 3.27. The van der Waals surface area contributed by atoms with E-state index in [1.54, 1.807) is 6.92 Å². The normalized spacial score (nSPS) is 37.4. The third-order valence-electron chi connectivity index (χ3n) is 6.03. The SMILES string of the molecule is CC1=NC2[C@@H](O1)OC(CO)[C@@H](O[C@@H]1OC(COCCOCCCOCCN=[N+]=[N-])[C@@H](O)[C@H](O)C1O)[C@@H]2O. The third kappa shape index (κ3) is 8.16. The Kier molecular flexibility index (Phi) is 12.2. The molecule has 2 saturated heterocycles. The van der Waals surface area contributed by atoms with E-state index in [9.17, 15) is 25.5 Å². The largest absolute Gasteiger partial charge is 0.450 e. The van der Waals surface area contributed by atoms with Gasteiger partial charge in [-0.25, -0.2) is 4.99 Å². The molecule has 0 amide bonds. The number of aliphatic hydroxyl groups is 5. The third-order valence-corrected chi connectivity index (χ3v) is 6.03. The molecule has 0 bridgehead atoms. The van der Waals surface area contributed by atoms with Gasteiger partial charge in [0.15, 0.2) is 12.2 Å². The molecule has 3 aliphatic heterocycles. The van der Waals surface area contributed by atoms with Crippen LogP contribution in [-0.2, 0) is 33.2 Å². The van der Waals surface area contributed by atoms with E-state index in [1.807, 2.05) is 0 Å². The molecule has 5 N–H and O–H groups in total. The van der Waals surface area contributed by atoms with E-state index < -0.39 is 68.0 Å². The summed E-state index contributed by atoms with van der Waals surface area (Å²) in [7, 11) is 0. The van der Waals surface area contributed by atoms with E-state index in [2.05, 4.69) is 15.0 Å². The molecule has 3 rings (SSSR count). The standard InChI is InChI=1S/C21H36N4O12/c1-11-24-14-16(28)19(12(9-26)35-20(14)34-11)37-21-18(30)17(29)15(27)13(36-21)10-33-8-7-32-5-2-4-31-6-3-23-25-22/h12-21,26-30H,2-10H2,1H3/t12?,13?,14?,15-,16-,17+,18?,19-,20+,21+/m1/s1. The summed E-state index contributed by atoms with van der Waals surface area (Å²) >= 11 is 0. The molecule has 0 aromatic heterocycles. The Hall–Kier alpha value is -1.66. The fourth-order valence-corrected chi connectivity index (χ4v) is 4.12. The summed E-state index contributed by atoms with van der Waals surface area (Å²) in [5, 5.41) is 54.9. The van der Waals surface area contributed by atoms with Crippen molar-refractivity contribution < 1.29 is 58.7 Å². The van der Waals surface area contributed by atoms with Crippen LogP contribution in [0, 0.1) is 0 Å². The number of ether oxygens (including phenoxy) is 7. The van der Waals surface area contributed by atoms with Gasteiger partial charge in [-0.3, -0.25) is 0 Å². The first-order chi connectivity index (χ1) is 17.9. The fraction of sp³-hybridized carbons (Fsp3) is 0.952. The lowest BCUT2D eigenvalue weighted by Gasteiger charge is -2.45. The minimum absolute atomic E-state index is 0.133. The van der Waals surface area contributed by atoms with Gasteiger partial charge in [0.1, 0.15) is 48.8 Å². The molecule has 0 saturated carbocycles. The molecule has 0 aromatic carbocycles. The Morgan fingerprint density at radius 2 is 1.65 bits per heavy atom. The summed E-state index contributed by atoms with van der Waals surface area (Å²) in [6.45, 7) is 2.91. The van der Waals surface area contributed by atoms with Gasteiger partial charge >= 0.3 is 0 Å². The van der Waals surface area contributed by atoms with Crippen LogP contribution < -0.4 is 0 Å². The molecule has 3 heterocycles. The molecular formula is C21H36N4O12. The lowest BCUT2D eigenvalue weighted by atomic mass is 9.96. The first-order valence-corrected chi connectivity index (χ1v) is 12.1. The van der Waals surface area contributed by atoms with Crippen LogP contribution in [0.2, 0.25) is 0 Å². The van der Waals surface area contributed by atoms with Gasteiger partial charge in [-0.2, -0.15) is 0 Å². The van der Waals surface area contributed by atoms with Crippen molar-refractivity contribution in [2.24, 2.45) is 10.1 Å². The number of fused-ring (bicyclic) bond motifs is 1. The second-order valence-corrected chi connectivity index (χ2v) is 8.70. The molecule has 212 valence electrons. The number of azide groups is 1. The molecule has 16 heteroatoms. The number of hydrogen-bond donors (Lipinski definition) is 5. The van der Waals surface area contributed by atoms with E-state index >= 15 is 0 Å². The average molecular weight is 537 g/mol. The molecule has 16 nitrogen and oxygen atoms in total. The minimum atomic E-state index is -1.64. The van der Waals surface area contributed by atoms with Gasteiger partial charge in [0.25, 0.3) is 0 Å². The zero-order chi connectivity index (χ0) is 26.8. The Balaban J connectivity index is 1.41. The zero-order valence-electron chi connectivity index (χ0n) is 20.5. The monoisotopic (exact) mass is 536 g/mol. The lowest BCUT2D eigenvalue weighted by molar-refractivity contribution is -0.342. The van der Waals surface area contributed by atoms with Crippen LogP contribution in [0.4, 0.5) is 0 Å². The van der Waals surface area contributed by atoms with E-state index in [0.717, 1.165) is 0 Å². The van der Waals surface area contributed by atoms with Crippen LogP contribution in [0.5, 0.6) is 0 Å². The molecule has 4 unspecified atom stereocenters. The maximum absolute atomic E-state index is 10.8. The molecule has 0 radical (unpaired) electrons. The Bertz CT molecular complexity index is 772. The second kappa shape index (κ2) is 15.1. The number of rotatable bonds is 15. The van der Waals surface area contributed by atoms with Crippen molar-refractivity contribution in [3.63, 3.8) is 0 Å². The van der Waals surface area contributed by atoms with Gasteiger partial charge in [-0.05, 0) is 12.0 Å². The van der Waals surface area contributed by atoms with Crippen LogP contribution in [-0.4, -0.2) is 146 Å². The highest BCUT2D eigenvalue weighted by atomic mass is 16.7. The fourth-order valence-electron chi connectivity index (χ4n) is 4.12. The van der Waals surface area contributed by atoms with Crippen LogP contribution >= 0.6 is 0 Å². The summed E-state index contributed by atoms with van der Waals surface area (Å²) in [6.07, 6.45) is -10.9. The van der Waals surface area contributed by atoms with Crippen molar-refractivity contribution in [3.05, 3.63) is 10.4 Å². The first-order valence-electron chi connectivity index (χ1n) is 12.1. The van der Waals surface area contributed by atoms with Gasteiger partial charge in [0.05, 0.1) is 33.0 Å². The zero-order valence-corrected chi connectivity index (χ0v) is 20.5. The van der Waals surface area contributed by atoms with Gasteiger partial charge in [-0.15, -0.1) is 0 Å². The Labute approximate surface area is 213 Å². The Morgan fingerprint density at radius 3 is 2.38 bits per heavy atom. The second-order valence-electron chi connectivity index (χ2n) is 8.70. The molecule has 0 aliphatic carbocycles. The van der Waals surface area contributed by atoms with E-state index in [0.29, 0.717) is 32.1 Å². The van der Waals surface area contributed by atoms with Crippen molar-refractivity contribution in [3.8, 4) is 0 Å². The van der Waals surface area contributed by atoms with Gasteiger partial charge in [0.2, 0.25) is 6.29 Å². The minimum Gasteiger partial charge on any atom is -0.450 e. The van der Waals surface area contributed by atoms with Crippen LogP contribution in [0.25, 0.3) is 10.4 Å². The maximum atomic E-state index is 10.8. The number of aliphatic hydroxyl groups excluding tert-OH is 5. The smallest absolute Gasteiger partial charge is 0.227 e. The van der Waals surface area contributed by atoms with Crippen LogP contribution in [0.15, 0.2) is 10.1 Å². The highest BCUT2D eigenvalue weighted by Crippen LogP contribution is 2.32. The summed E-state index contributed by atoms with van der Waals surface area (Å²) < 4.78 is 38.6. The Morgan fingerprint density at radius 1 is 0.919 bits per heavy atom. The van der Waals surface area contributed by atoms with E-state index in [1.165, 1.54) is 0 Å². The number of hydrogen-bond acceptors (Lipinski definition) is 14. The van der Waals surface area contributed by atoms with Crippen LogP contribution in [0.3, 0.4) is 0 Å². The summed E-state index contributed by atoms with van der Waals surface area (Å²) in [6, 6.07) is -0.799. The molecule has 37 heavy (non-hydrogen) atoms. The van der Waals surface area contributed by atoms with E-state index in [-0.39, 0.29) is 26.4 Å². The highest BCUT2D eigenvalue weighted by Gasteiger charge is 2.52. The van der Waals surface area contributed by atoms with Crippen molar-refractivity contribution >= 4 is 5.90 Å². The molecule has 10 atom stereocenters. The van der Waals surface area contributed by atoms with Crippen molar-refractivity contribution in [2.45, 2.75) is 74.7 Å². The highest BCUT2D eigenvalue weighted by molar-refractivity contribution is 5.75. The topological polar surface area (TPSA) is 227 Å². The maximum Gasteiger partial charge on any atom is 0.227 e. The molecule has 0 aromatic rings. The lowest BCUT2D eigenvalue weighted by Crippen LogP contribution is -2.64. The summed E-state index contributed by atoms with van der Waals surface area (Å²) in [4.78, 5) is 6.80. The van der Waals surface area contributed by atoms with Gasteiger partial charge in [0, 0.05) is 31.6 Å². The summed E-state index contributed by atoms with van der Waals surface area (Å²) in [5.74, 6) is 0.315. The van der Waals surface area contributed by atoms with Crippen molar-refractivity contribution in [1.29, 1.82) is 0 Å². The van der Waals surface area contributed by atoms with Crippen LogP contribution in [0.1, 0.15) is 13.3 Å². The van der Waals surface area contributed by atoms with E-state index in [4.69, 9.17) is 38.7 Å². The summed E-state index contributed by atoms with van der Waals surface area (Å²) in [5.41, 5.74) is 8.16. The molecule has 2 fully saturated rings. The van der Waals surface area contributed by atoms with Gasteiger partial charge < -0.3 is 58.7 Å². The molecule has 0 spiro atoms. The number of nitrogens with zero attached hydrogens (tertiary/aromatic N) is 4.